The minimum Gasteiger partial charge on any atom is -0.316 e. The zero-order chi connectivity index (χ0) is 14.6. The Balaban J connectivity index is 1.88. The van der Waals surface area contributed by atoms with Crippen LogP contribution in [0.4, 0.5) is 0 Å². The average Bonchev–Trinajstić information content (AvgIpc) is 2.47. The molecule has 2 rings (SSSR count). The maximum Gasteiger partial charge on any atom is 0.214 e. The van der Waals surface area contributed by atoms with Gasteiger partial charge in [0.25, 0.3) is 0 Å². The van der Waals surface area contributed by atoms with Gasteiger partial charge in [0, 0.05) is 13.1 Å². The van der Waals surface area contributed by atoms with Crippen LogP contribution in [0.5, 0.6) is 0 Å². The Morgan fingerprint density at radius 2 is 1.95 bits per heavy atom. The summed E-state index contributed by atoms with van der Waals surface area (Å²) in [6.45, 7) is 7.15. The van der Waals surface area contributed by atoms with Crippen molar-refractivity contribution in [3.63, 3.8) is 0 Å². The summed E-state index contributed by atoms with van der Waals surface area (Å²) in [7, 11) is -1.33. The van der Waals surface area contributed by atoms with E-state index in [1.165, 1.54) is 0 Å². The fraction of sp³-hybridized carbons (Fsp3) is 1.00. The van der Waals surface area contributed by atoms with Crippen molar-refractivity contribution in [3.05, 3.63) is 0 Å². The van der Waals surface area contributed by atoms with E-state index in [2.05, 4.69) is 17.1 Å². The molecular weight excluding hydrogens is 274 g/mol. The molecule has 0 aromatic heterocycles. The van der Waals surface area contributed by atoms with Crippen LogP contribution in [0.15, 0.2) is 0 Å². The molecule has 6 heteroatoms. The van der Waals surface area contributed by atoms with E-state index >= 15 is 0 Å². The highest BCUT2D eigenvalue weighted by Gasteiger charge is 2.31. The molecule has 2 saturated heterocycles. The predicted molar refractivity (Wildman–Crippen MR) is 82.3 cm³/mol. The fourth-order valence-electron chi connectivity index (χ4n) is 3.31. The number of hydrogen-bond donors (Lipinski definition) is 1. The average molecular weight is 303 g/mol. The van der Waals surface area contributed by atoms with Gasteiger partial charge in [-0.05, 0) is 64.3 Å². The number of likely N-dealkylation sites (tertiary alicyclic amines) is 1. The van der Waals surface area contributed by atoms with Crippen LogP contribution in [0.3, 0.4) is 0 Å². The summed E-state index contributed by atoms with van der Waals surface area (Å²) in [6, 6.07) is 0.194. The lowest BCUT2D eigenvalue weighted by Gasteiger charge is -2.36. The Morgan fingerprint density at radius 1 is 1.25 bits per heavy atom. The predicted octanol–water partition coefficient (Wildman–Crippen LogP) is 0.732. The number of nitrogens with one attached hydrogen (secondary N) is 1. The summed E-state index contributed by atoms with van der Waals surface area (Å²) in [5.74, 6) is 0.594. The van der Waals surface area contributed by atoms with E-state index in [9.17, 15) is 8.42 Å². The third-order valence-corrected chi connectivity index (χ3v) is 6.87. The summed E-state index contributed by atoms with van der Waals surface area (Å²) >= 11 is 0. The van der Waals surface area contributed by atoms with Crippen LogP contribution in [-0.4, -0.2) is 69.2 Å². The van der Waals surface area contributed by atoms with Crippen LogP contribution in [0.2, 0.25) is 0 Å². The third-order valence-electron chi connectivity index (χ3n) is 4.80. The number of piperidine rings is 2. The molecule has 0 saturated carbocycles. The number of rotatable bonds is 5. The Bertz CT molecular complexity index is 385. The summed E-state index contributed by atoms with van der Waals surface area (Å²) < 4.78 is 26.7. The van der Waals surface area contributed by atoms with Gasteiger partial charge in [0.1, 0.15) is 0 Å². The summed E-state index contributed by atoms with van der Waals surface area (Å²) in [4.78, 5) is 2.39. The Hall–Kier alpha value is -0.170. The fourth-order valence-corrected chi connectivity index (χ4v) is 5.09. The number of nitrogens with zero attached hydrogens (tertiary/aromatic N) is 2. The SMILES string of the molecule is CCN1CCC(N(C)S(=O)(=O)CC2CCCNC2)CC1. The van der Waals surface area contributed by atoms with E-state index in [4.69, 9.17) is 0 Å². The largest absolute Gasteiger partial charge is 0.316 e. The van der Waals surface area contributed by atoms with E-state index < -0.39 is 10.0 Å². The minimum atomic E-state index is -3.11. The first-order valence-electron chi connectivity index (χ1n) is 7.91. The molecule has 5 nitrogen and oxygen atoms in total. The van der Waals surface area contributed by atoms with E-state index in [0.717, 1.165) is 58.4 Å². The highest BCUT2D eigenvalue weighted by molar-refractivity contribution is 7.89. The highest BCUT2D eigenvalue weighted by atomic mass is 32.2. The van der Waals surface area contributed by atoms with Crippen LogP contribution in [0.1, 0.15) is 32.6 Å². The molecule has 1 N–H and O–H groups in total. The standard InChI is InChI=1S/C14H29N3O2S/c1-3-17-9-6-14(7-10-17)16(2)20(18,19)12-13-5-4-8-15-11-13/h13-15H,3-12H2,1-2H3. The second-order valence-corrected chi connectivity index (χ2v) is 8.25. The van der Waals surface area contributed by atoms with Gasteiger partial charge in [-0.2, -0.15) is 0 Å². The van der Waals surface area contributed by atoms with Gasteiger partial charge in [0.15, 0.2) is 0 Å². The second-order valence-electron chi connectivity index (χ2n) is 6.17. The first kappa shape index (κ1) is 16.2. The Labute approximate surface area is 123 Å². The zero-order valence-corrected chi connectivity index (χ0v) is 13.7. The second kappa shape index (κ2) is 7.20. The van der Waals surface area contributed by atoms with Crippen LogP contribution >= 0.6 is 0 Å². The first-order valence-corrected chi connectivity index (χ1v) is 9.52. The molecule has 0 aromatic rings. The van der Waals surface area contributed by atoms with Crippen LogP contribution in [0.25, 0.3) is 0 Å². The molecule has 2 heterocycles. The van der Waals surface area contributed by atoms with Crippen molar-refractivity contribution in [1.82, 2.24) is 14.5 Å². The molecule has 1 atom stereocenters. The molecule has 2 fully saturated rings. The molecule has 0 spiro atoms. The topological polar surface area (TPSA) is 52.7 Å². The summed E-state index contributed by atoms with van der Waals surface area (Å²) in [5, 5.41) is 3.30. The molecule has 2 aliphatic rings. The summed E-state index contributed by atoms with van der Waals surface area (Å²) in [6.07, 6.45) is 4.06. The normalized spacial score (nSPS) is 27.1. The van der Waals surface area contributed by atoms with Gasteiger partial charge >= 0.3 is 0 Å². The van der Waals surface area contributed by atoms with Gasteiger partial charge in [0.05, 0.1) is 5.75 Å². The molecule has 118 valence electrons. The van der Waals surface area contributed by atoms with E-state index in [-0.39, 0.29) is 12.0 Å². The molecule has 1 unspecified atom stereocenters. The smallest absolute Gasteiger partial charge is 0.214 e. The molecule has 0 amide bonds. The molecule has 0 radical (unpaired) electrons. The van der Waals surface area contributed by atoms with Crippen LogP contribution in [-0.2, 0) is 10.0 Å². The number of sulfonamides is 1. The maximum atomic E-state index is 12.5. The van der Waals surface area contributed by atoms with Crippen molar-refractivity contribution >= 4 is 10.0 Å². The lowest BCUT2D eigenvalue weighted by atomic mass is 10.0. The first-order chi connectivity index (χ1) is 9.53. The maximum absolute atomic E-state index is 12.5. The van der Waals surface area contributed by atoms with Crippen molar-refractivity contribution in [2.24, 2.45) is 5.92 Å². The van der Waals surface area contributed by atoms with Crippen molar-refractivity contribution in [2.75, 3.05) is 45.5 Å². The van der Waals surface area contributed by atoms with Crippen molar-refractivity contribution in [3.8, 4) is 0 Å². The van der Waals surface area contributed by atoms with Crippen molar-refractivity contribution in [1.29, 1.82) is 0 Å². The minimum absolute atomic E-state index is 0.194. The van der Waals surface area contributed by atoms with E-state index in [0.29, 0.717) is 5.75 Å². The van der Waals surface area contributed by atoms with Gasteiger partial charge in [-0.15, -0.1) is 0 Å². The monoisotopic (exact) mass is 303 g/mol. The van der Waals surface area contributed by atoms with Crippen LogP contribution < -0.4 is 5.32 Å². The van der Waals surface area contributed by atoms with Crippen molar-refractivity contribution in [2.45, 2.75) is 38.6 Å². The number of hydrogen-bond acceptors (Lipinski definition) is 4. The molecule has 0 aliphatic carbocycles. The Morgan fingerprint density at radius 3 is 2.50 bits per heavy atom. The molecule has 0 aromatic carbocycles. The zero-order valence-electron chi connectivity index (χ0n) is 12.8. The van der Waals surface area contributed by atoms with E-state index in [1.807, 2.05) is 0 Å². The Kier molecular flexibility index (Phi) is 5.84. The van der Waals surface area contributed by atoms with Gasteiger partial charge in [0.2, 0.25) is 10.0 Å². The van der Waals surface area contributed by atoms with Gasteiger partial charge in [-0.3, -0.25) is 0 Å². The van der Waals surface area contributed by atoms with Gasteiger partial charge < -0.3 is 10.2 Å². The van der Waals surface area contributed by atoms with Gasteiger partial charge in [-0.25, -0.2) is 12.7 Å². The molecule has 2 aliphatic heterocycles. The molecule has 20 heavy (non-hydrogen) atoms. The quantitative estimate of drug-likeness (QED) is 0.814. The lowest BCUT2D eigenvalue weighted by molar-refractivity contribution is 0.176. The van der Waals surface area contributed by atoms with Crippen LogP contribution in [0, 0.1) is 5.92 Å². The molecular formula is C14H29N3O2S. The van der Waals surface area contributed by atoms with Gasteiger partial charge in [-0.1, -0.05) is 6.92 Å². The van der Waals surface area contributed by atoms with Crippen molar-refractivity contribution < 1.29 is 8.42 Å². The molecule has 0 bridgehead atoms. The lowest BCUT2D eigenvalue weighted by Crippen LogP contribution is -2.47. The third kappa shape index (κ3) is 4.16. The highest BCUT2D eigenvalue weighted by Crippen LogP contribution is 2.21. The van der Waals surface area contributed by atoms with E-state index in [1.54, 1.807) is 11.4 Å². The summed E-state index contributed by atoms with van der Waals surface area (Å²) in [5.41, 5.74) is 0.